The van der Waals surface area contributed by atoms with E-state index in [0.29, 0.717) is 0 Å². The third-order valence-electron chi connectivity index (χ3n) is 2.25. The van der Waals surface area contributed by atoms with Gasteiger partial charge in [-0.1, -0.05) is 12.2 Å². The predicted octanol–water partition coefficient (Wildman–Crippen LogP) is 1.76. The van der Waals surface area contributed by atoms with Gasteiger partial charge in [-0.3, -0.25) is 4.98 Å². The van der Waals surface area contributed by atoms with Gasteiger partial charge in [-0.05, 0) is 11.6 Å². The fourth-order valence-electron chi connectivity index (χ4n) is 1.72. The number of nitrogens with zero attached hydrogens (tertiary/aromatic N) is 1. The molecule has 0 aliphatic carbocycles. The Labute approximate surface area is 64.5 Å². The van der Waals surface area contributed by atoms with E-state index in [2.05, 4.69) is 17.1 Å². The van der Waals surface area contributed by atoms with E-state index in [0.717, 1.165) is 0 Å². The minimum absolute atomic E-state index is 0.184. The molecule has 0 aromatic carbocycles. The zero-order valence-corrected chi connectivity index (χ0v) is 5.90. The van der Waals surface area contributed by atoms with Crippen LogP contribution >= 0.6 is 0 Å². The lowest BCUT2D eigenvalue weighted by atomic mass is 10.00. The molecule has 0 N–H and O–H groups in total. The van der Waals surface area contributed by atoms with Gasteiger partial charge in [-0.25, -0.2) is 0 Å². The summed E-state index contributed by atoms with van der Waals surface area (Å²) in [5.41, 5.74) is 2.52. The number of fused-ring (bicyclic) bond motifs is 5. The summed E-state index contributed by atoms with van der Waals surface area (Å²) in [6.45, 7) is 0. The van der Waals surface area contributed by atoms with Gasteiger partial charge >= 0.3 is 0 Å². The molecule has 0 spiro atoms. The van der Waals surface area contributed by atoms with Crippen LogP contribution in [0, 0.1) is 0 Å². The molecule has 2 bridgehead atoms. The van der Waals surface area contributed by atoms with Crippen LogP contribution < -0.4 is 0 Å². The molecule has 1 aromatic rings. The SMILES string of the molecule is C1=C[C@H]2O[C@@H]1c1ccncc12. The first-order valence-electron chi connectivity index (χ1n) is 3.73. The number of aromatic nitrogens is 1. The fourth-order valence-corrected chi connectivity index (χ4v) is 1.72. The van der Waals surface area contributed by atoms with E-state index in [1.807, 2.05) is 18.5 Å². The van der Waals surface area contributed by atoms with Gasteiger partial charge in [-0.15, -0.1) is 0 Å². The van der Waals surface area contributed by atoms with Crippen molar-refractivity contribution in [2.24, 2.45) is 0 Å². The summed E-state index contributed by atoms with van der Waals surface area (Å²) in [7, 11) is 0. The largest absolute Gasteiger partial charge is 0.357 e. The van der Waals surface area contributed by atoms with Crippen LogP contribution in [0.25, 0.3) is 0 Å². The molecule has 0 amide bonds. The van der Waals surface area contributed by atoms with Gasteiger partial charge in [-0.2, -0.15) is 0 Å². The summed E-state index contributed by atoms with van der Waals surface area (Å²) in [6.07, 6.45) is 8.30. The first-order valence-corrected chi connectivity index (χ1v) is 3.73. The summed E-state index contributed by atoms with van der Waals surface area (Å²) in [5.74, 6) is 0. The zero-order chi connectivity index (χ0) is 7.26. The van der Waals surface area contributed by atoms with Crippen LogP contribution in [-0.4, -0.2) is 4.98 Å². The molecule has 0 fully saturated rings. The molecule has 0 saturated heterocycles. The second-order valence-electron chi connectivity index (χ2n) is 2.87. The lowest BCUT2D eigenvalue weighted by Crippen LogP contribution is -1.92. The molecule has 2 nitrogen and oxygen atoms in total. The monoisotopic (exact) mass is 145 g/mol. The van der Waals surface area contributed by atoms with E-state index in [4.69, 9.17) is 4.74 Å². The highest BCUT2D eigenvalue weighted by Gasteiger charge is 2.32. The van der Waals surface area contributed by atoms with Crippen LogP contribution in [0.4, 0.5) is 0 Å². The zero-order valence-electron chi connectivity index (χ0n) is 5.90. The van der Waals surface area contributed by atoms with Crippen molar-refractivity contribution in [1.29, 1.82) is 0 Å². The summed E-state index contributed by atoms with van der Waals surface area (Å²) in [4.78, 5) is 4.06. The Balaban J connectivity index is 2.28. The Morgan fingerprint density at radius 1 is 1.18 bits per heavy atom. The maximum atomic E-state index is 5.59. The van der Waals surface area contributed by atoms with Crippen LogP contribution in [0.3, 0.4) is 0 Å². The van der Waals surface area contributed by atoms with Gasteiger partial charge < -0.3 is 4.74 Å². The fraction of sp³-hybridized carbons (Fsp3) is 0.222. The van der Waals surface area contributed by atoms with Crippen molar-refractivity contribution in [3.8, 4) is 0 Å². The van der Waals surface area contributed by atoms with E-state index < -0.39 is 0 Å². The highest BCUT2D eigenvalue weighted by molar-refractivity contribution is 5.40. The highest BCUT2D eigenvalue weighted by Crippen LogP contribution is 2.44. The number of hydrogen-bond donors (Lipinski definition) is 0. The molecule has 11 heavy (non-hydrogen) atoms. The van der Waals surface area contributed by atoms with Crippen molar-refractivity contribution in [2.75, 3.05) is 0 Å². The quantitative estimate of drug-likeness (QED) is 0.519. The normalized spacial score (nSPS) is 30.9. The van der Waals surface area contributed by atoms with E-state index in [1.54, 1.807) is 0 Å². The summed E-state index contributed by atoms with van der Waals surface area (Å²) < 4.78 is 5.59. The van der Waals surface area contributed by atoms with Gasteiger partial charge in [0, 0.05) is 18.0 Å². The van der Waals surface area contributed by atoms with Gasteiger partial charge in [0.25, 0.3) is 0 Å². The van der Waals surface area contributed by atoms with Crippen LogP contribution in [0.5, 0.6) is 0 Å². The lowest BCUT2D eigenvalue weighted by molar-refractivity contribution is 0.0878. The van der Waals surface area contributed by atoms with Crippen molar-refractivity contribution in [2.45, 2.75) is 12.2 Å². The Kier molecular flexibility index (Phi) is 0.855. The molecule has 2 aliphatic rings. The van der Waals surface area contributed by atoms with Crippen LogP contribution in [0.1, 0.15) is 23.3 Å². The standard InChI is InChI=1S/C9H7NO/c1-2-9-7-5-10-4-3-6(7)8(1)11-9/h1-5,8-9H/t8-,9+/m0/s1. The van der Waals surface area contributed by atoms with Crippen molar-refractivity contribution in [3.63, 3.8) is 0 Å². The summed E-state index contributed by atoms with van der Waals surface area (Å²) in [5, 5.41) is 0. The molecule has 0 radical (unpaired) electrons. The van der Waals surface area contributed by atoms with E-state index >= 15 is 0 Å². The number of hydrogen-bond acceptors (Lipinski definition) is 2. The van der Waals surface area contributed by atoms with E-state index in [-0.39, 0.29) is 12.2 Å². The first kappa shape index (κ1) is 5.49. The second kappa shape index (κ2) is 1.71. The molecule has 3 rings (SSSR count). The minimum Gasteiger partial charge on any atom is -0.357 e. The smallest absolute Gasteiger partial charge is 0.104 e. The number of pyridine rings is 1. The van der Waals surface area contributed by atoms with Crippen molar-refractivity contribution < 1.29 is 4.74 Å². The van der Waals surface area contributed by atoms with Crippen LogP contribution in [0.2, 0.25) is 0 Å². The Hall–Kier alpha value is -1.15. The molecule has 0 unspecified atom stereocenters. The van der Waals surface area contributed by atoms with Gasteiger partial charge in [0.2, 0.25) is 0 Å². The second-order valence-corrected chi connectivity index (χ2v) is 2.87. The average molecular weight is 145 g/mol. The number of ether oxygens (including phenoxy) is 1. The molecular weight excluding hydrogens is 138 g/mol. The lowest BCUT2D eigenvalue weighted by Gasteiger charge is -2.03. The third-order valence-corrected chi connectivity index (χ3v) is 2.25. The Morgan fingerprint density at radius 3 is 2.82 bits per heavy atom. The molecule has 2 aliphatic heterocycles. The van der Waals surface area contributed by atoms with Crippen molar-refractivity contribution in [3.05, 3.63) is 41.7 Å². The van der Waals surface area contributed by atoms with Crippen LogP contribution in [0.15, 0.2) is 30.6 Å². The molecule has 2 heteroatoms. The molecule has 2 atom stereocenters. The van der Waals surface area contributed by atoms with E-state index in [1.165, 1.54) is 11.1 Å². The predicted molar refractivity (Wildman–Crippen MR) is 39.9 cm³/mol. The topological polar surface area (TPSA) is 22.1 Å². The molecule has 0 saturated carbocycles. The van der Waals surface area contributed by atoms with Crippen molar-refractivity contribution >= 4 is 0 Å². The average Bonchev–Trinajstić information content (AvgIpc) is 2.64. The van der Waals surface area contributed by atoms with Gasteiger partial charge in [0.05, 0.1) is 0 Å². The Bertz CT molecular complexity index is 301. The van der Waals surface area contributed by atoms with Crippen LogP contribution in [-0.2, 0) is 4.74 Å². The van der Waals surface area contributed by atoms with Crippen molar-refractivity contribution in [1.82, 2.24) is 4.98 Å². The number of rotatable bonds is 0. The van der Waals surface area contributed by atoms with Gasteiger partial charge in [0.1, 0.15) is 12.2 Å². The van der Waals surface area contributed by atoms with Gasteiger partial charge in [0.15, 0.2) is 0 Å². The first-order chi connectivity index (χ1) is 5.45. The molecular formula is C9H7NO. The highest BCUT2D eigenvalue weighted by atomic mass is 16.5. The summed E-state index contributed by atoms with van der Waals surface area (Å²) in [6, 6.07) is 2.03. The third kappa shape index (κ3) is 0.576. The molecule has 54 valence electrons. The summed E-state index contributed by atoms with van der Waals surface area (Å²) >= 11 is 0. The Morgan fingerprint density at radius 2 is 2.00 bits per heavy atom. The molecule has 1 aromatic heterocycles. The van der Waals surface area contributed by atoms with E-state index in [9.17, 15) is 0 Å². The minimum atomic E-state index is 0.184. The maximum Gasteiger partial charge on any atom is 0.104 e. The molecule has 3 heterocycles. The maximum absolute atomic E-state index is 5.59.